The smallest absolute Gasteiger partial charge is 0.313 e. The maximum absolute atomic E-state index is 13.1. The average Bonchev–Trinajstić information content (AvgIpc) is 3.35. The van der Waals surface area contributed by atoms with E-state index in [0.29, 0.717) is 17.7 Å². The van der Waals surface area contributed by atoms with Crippen molar-refractivity contribution in [2.75, 3.05) is 13.6 Å². The average molecular weight is 459 g/mol. The van der Waals surface area contributed by atoms with Crippen LogP contribution in [0, 0.1) is 5.82 Å². The van der Waals surface area contributed by atoms with Crippen LogP contribution in [0.1, 0.15) is 41.8 Å². The van der Waals surface area contributed by atoms with E-state index in [1.54, 1.807) is 31.3 Å². The quantitative estimate of drug-likeness (QED) is 0.544. The van der Waals surface area contributed by atoms with Gasteiger partial charge in [-0.25, -0.2) is 9.18 Å². The fraction of sp³-hybridized carbons (Fsp3) is 0.364. The lowest BCUT2D eigenvalue weighted by Crippen LogP contribution is -2.50. The van der Waals surface area contributed by atoms with E-state index >= 15 is 0 Å². The summed E-state index contributed by atoms with van der Waals surface area (Å²) in [6.45, 7) is -0.463. The number of nitrogens with one attached hydrogen (secondary N) is 2. The number of halogens is 1. The lowest BCUT2D eigenvalue weighted by molar-refractivity contribution is -0.137. The minimum atomic E-state index is -0.855. The van der Waals surface area contributed by atoms with Crippen LogP contribution in [0.5, 0.6) is 0 Å². The van der Waals surface area contributed by atoms with Gasteiger partial charge in [0.2, 0.25) is 0 Å². The molecule has 2 aromatic rings. The summed E-state index contributed by atoms with van der Waals surface area (Å²) in [6, 6.07) is 8.74. The summed E-state index contributed by atoms with van der Waals surface area (Å²) >= 11 is 1.19. The van der Waals surface area contributed by atoms with Crippen LogP contribution in [0.3, 0.4) is 0 Å². The minimum absolute atomic E-state index is 0.346. The summed E-state index contributed by atoms with van der Waals surface area (Å²) in [5.74, 6) is -1.90. The molecular formula is C22H23FN4O4S. The van der Waals surface area contributed by atoms with Crippen LogP contribution < -0.4 is 10.9 Å². The molecule has 0 bridgehead atoms. The number of amides is 5. The molecule has 1 saturated heterocycles. The molecule has 5 amide bonds. The van der Waals surface area contributed by atoms with Crippen molar-refractivity contribution in [1.82, 2.24) is 20.7 Å². The van der Waals surface area contributed by atoms with E-state index in [-0.39, 0.29) is 11.7 Å². The van der Waals surface area contributed by atoms with Gasteiger partial charge in [0.1, 0.15) is 17.9 Å². The highest BCUT2D eigenvalue weighted by Crippen LogP contribution is 2.39. The number of thiophene rings is 1. The molecule has 2 N–H and O–H groups in total. The molecule has 0 atom stereocenters. The molecule has 1 aliphatic heterocycles. The Morgan fingerprint density at radius 2 is 1.72 bits per heavy atom. The summed E-state index contributed by atoms with van der Waals surface area (Å²) in [6.07, 6.45) is 3.94. The molecule has 1 spiro atoms. The number of hydrogen-bond donors (Lipinski definition) is 2. The Balaban J connectivity index is 1.34. The van der Waals surface area contributed by atoms with Gasteiger partial charge in [0.15, 0.2) is 0 Å². The maximum Gasteiger partial charge on any atom is 0.327 e. The van der Waals surface area contributed by atoms with E-state index in [9.17, 15) is 23.6 Å². The molecule has 1 aromatic heterocycles. The Morgan fingerprint density at radius 1 is 1.03 bits per heavy atom. The minimum Gasteiger partial charge on any atom is -0.313 e. The Kier molecular flexibility index (Phi) is 5.96. The largest absolute Gasteiger partial charge is 0.327 e. The van der Waals surface area contributed by atoms with Crippen LogP contribution >= 0.6 is 11.3 Å². The van der Waals surface area contributed by atoms with Crippen molar-refractivity contribution in [3.8, 4) is 10.4 Å². The molecule has 4 rings (SSSR count). The first kappa shape index (κ1) is 21.9. The summed E-state index contributed by atoms with van der Waals surface area (Å²) < 4.78 is 13.1. The van der Waals surface area contributed by atoms with E-state index in [1.807, 2.05) is 0 Å². The van der Waals surface area contributed by atoms with E-state index in [1.165, 1.54) is 28.4 Å². The second-order valence-corrected chi connectivity index (χ2v) is 9.08. The fourth-order valence-electron chi connectivity index (χ4n) is 4.27. The molecule has 0 unspecified atom stereocenters. The zero-order chi connectivity index (χ0) is 22.9. The van der Waals surface area contributed by atoms with Crippen LogP contribution in [0.15, 0.2) is 36.4 Å². The standard InChI is InChI=1S/C22H23FN4O4S/c1-26-21(31)27(20(30)22(26)11-3-2-4-12-22)13-18(28)24-25-19(29)17-10-9-16(32-17)14-5-7-15(23)8-6-14/h5-10H,2-4,11-13H2,1H3,(H,24,28)(H,25,29). The van der Waals surface area contributed by atoms with Crippen LogP contribution in [0.4, 0.5) is 9.18 Å². The van der Waals surface area contributed by atoms with Gasteiger partial charge in [-0.05, 0) is 42.7 Å². The molecule has 2 heterocycles. The Labute approximate surface area is 188 Å². The van der Waals surface area contributed by atoms with Gasteiger partial charge in [-0.15, -0.1) is 11.3 Å². The molecule has 10 heteroatoms. The maximum atomic E-state index is 13.1. The molecule has 2 fully saturated rings. The topological polar surface area (TPSA) is 98.8 Å². The number of hydrazine groups is 1. The van der Waals surface area contributed by atoms with Crippen LogP contribution in [-0.2, 0) is 9.59 Å². The molecule has 168 valence electrons. The van der Waals surface area contributed by atoms with Gasteiger partial charge in [0.25, 0.3) is 17.7 Å². The van der Waals surface area contributed by atoms with Crippen molar-refractivity contribution in [3.63, 3.8) is 0 Å². The predicted molar refractivity (Wildman–Crippen MR) is 116 cm³/mol. The van der Waals surface area contributed by atoms with Crippen molar-refractivity contribution in [2.24, 2.45) is 0 Å². The third-order valence-corrected chi connectivity index (χ3v) is 7.19. The fourth-order valence-corrected chi connectivity index (χ4v) is 5.18. The molecule has 8 nitrogen and oxygen atoms in total. The molecule has 1 saturated carbocycles. The Morgan fingerprint density at radius 3 is 2.41 bits per heavy atom. The monoisotopic (exact) mass is 458 g/mol. The second-order valence-electron chi connectivity index (χ2n) is 8.00. The van der Waals surface area contributed by atoms with Gasteiger partial charge >= 0.3 is 6.03 Å². The number of nitrogens with zero attached hydrogens (tertiary/aromatic N) is 2. The van der Waals surface area contributed by atoms with E-state index in [4.69, 9.17) is 0 Å². The first-order chi connectivity index (χ1) is 15.3. The highest BCUT2D eigenvalue weighted by molar-refractivity contribution is 7.17. The second kappa shape index (κ2) is 8.70. The number of benzene rings is 1. The molecule has 32 heavy (non-hydrogen) atoms. The Bertz CT molecular complexity index is 1060. The van der Waals surface area contributed by atoms with Crippen LogP contribution in [0.2, 0.25) is 0 Å². The lowest BCUT2D eigenvalue weighted by Gasteiger charge is -2.35. The number of imide groups is 1. The first-order valence-electron chi connectivity index (χ1n) is 10.4. The van der Waals surface area contributed by atoms with Crippen molar-refractivity contribution in [2.45, 2.75) is 37.6 Å². The van der Waals surface area contributed by atoms with Gasteiger partial charge in [-0.2, -0.15) is 0 Å². The normalized spacial score (nSPS) is 17.7. The predicted octanol–water partition coefficient (Wildman–Crippen LogP) is 2.91. The Hall–Kier alpha value is -3.27. The summed E-state index contributed by atoms with van der Waals surface area (Å²) in [5.41, 5.74) is 4.49. The summed E-state index contributed by atoms with van der Waals surface area (Å²) in [5, 5.41) is 0. The molecular weight excluding hydrogens is 435 g/mol. The number of rotatable bonds is 4. The highest BCUT2D eigenvalue weighted by atomic mass is 32.1. The van der Waals surface area contributed by atoms with E-state index in [0.717, 1.165) is 34.6 Å². The van der Waals surface area contributed by atoms with Crippen molar-refractivity contribution >= 4 is 35.1 Å². The zero-order valence-corrected chi connectivity index (χ0v) is 18.3. The highest BCUT2D eigenvalue weighted by Gasteiger charge is 2.55. The summed E-state index contributed by atoms with van der Waals surface area (Å²) in [7, 11) is 1.60. The van der Waals surface area contributed by atoms with E-state index < -0.39 is 29.9 Å². The summed E-state index contributed by atoms with van der Waals surface area (Å²) in [4.78, 5) is 53.7. The number of carbonyl (C=O) groups excluding carboxylic acids is 4. The van der Waals surface area contributed by atoms with Gasteiger partial charge in [-0.3, -0.25) is 30.1 Å². The van der Waals surface area contributed by atoms with Crippen LogP contribution in [-0.4, -0.2) is 52.7 Å². The zero-order valence-electron chi connectivity index (χ0n) is 17.5. The van der Waals surface area contributed by atoms with Gasteiger partial charge in [0.05, 0.1) is 4.88 Å². The molecule has 2 aliphatic rings. The first-order valence-corrected chi connectivity index (χ1v) is 11.2. The number of carbonyl (C=O) groups is 4. The van der Waals surface area contributed by atoms with Crippen LogP contribution in [0.25, 0.3) is 10.4 Å². The third-order valence-electron chi connectivity index (χ3n) is 6.06. The van der Waals surface area contributed by atoms with Crippen molar-refractivity contribution in [1.29, 1.82) is 0 Å². The molecule has 0 radical (unpaired) electrons. The van der Waals surface area contributed by atoms with Gasteiger partial charge < -0.3 is 4.90 Å². The third kappa shape index (κ3) is 3.97. The number of likely N-dealkylation sites (N-methyl/N-ethyl adjacent to an activating group) is 1. The van der Waals surface area contributed by atoms with Gasteiger partial charge in [-0.1, -0.05) is 31.4 Å². The molecule has 1 aromatic carbocycles. The number of urea groups is 1. The van der Waals surface area contributed by atoms with E-state index in [2.05, 4.69) is 10.9 Å². The lowest BCUT2D eigenvalue weighted by atomic mass is 9.81. The molecule has 1 aliphatic carbocycles. The number of hydrogen-bond acceptors (Lipinski definition) is 5. The van der Waals surface area contributed by atoms with Gasteiger partial charge in [0, 0.05) is 11.9 Å². The SMILES string of the molecule is CN1C(=O)N(CC(=O)NNC(=O)c2ccc(-c3ccc(F)cc3)s2)C(=O)C12CCCCC2. The van der Waals surface area contributed by atoms with Crippen molar-refractivity contribution in [3.05, 3.63) is 47.1 Å². The van der Waals surface area contributed by atoms with Crippen molar-refractivity contribution < 1.29 is 23.6 Å².